The molecule has 4 aromatic rings. The fourth-order valence-electron chi connectivity index (χ4n) is 3.81. The van der Waals surface area contributed by atoms with Crippen LogP contribution in [0.3, 0.4) is 0 Å². The first-order valence-electron chi connectivity index (χ1n) is 11.1. The molecule has 0 bridgehead atoms. The highest BCUT2D eigenvalue weighted by atomic mass is 32.2. The number of carbonyl (C=O) groups excluding carboxylic acids is 1. The molecule has 1 aliphatic rings. The molecule has 0 radical (unpaired) electrons. The van der Waals surface area contributed by atoms with E-state index in [9.17, 15) is 4.79 Å². The standard InChI is InChI=1S/C26H25N5OS/c1-17-10-13-22(18(2)15-17)31-24(20-9-6-14-27-16-20)29-30-26(31)33-23(19-7-4-3-5-8-19)25(32)28-21-11-12-21/h3-10,13-16,21,23H,11-12H2,1-2H3,(H,28,32)/t23-/m0/s1. The maximum Gasteiger partial charge on any atom is 0.238 e. The predicted octanol–water partition coefficient (Wildman–Crippen LogP) is 5.06. The van der Waals surface area contributed by atoms with E-state index in [0.717, 1.165) is 35.2 Å². The van der Waals surface area contributed by atoms with Gasteiger partial charge in [-0.15, -0.1) is 10.2 Å². The zero-order chi connectivity index (χ0) is 22.8. The van der Waals surface area contributed by atoms with Gasteiger partial charge in [0.25, 0.3) is 0 Å². The van der Waals surface area contributed by atoms with Crippen molar-refractivity contribution in [1.82, 2.24) is 25.1 Å². The van der Waals surface area contributed by atoms with Crippen LogP contribution in [0.25, 0.3) is 17.1 Å². The van der Waals surface area contributed by atoms with Crippen molar-refractivity contribution in [2.75, 3.05) is 0 Å². The first-order valence-corrected chi connectivity index (χ1v) is 11.9. The number of benzene rings is 2. The average Bonchev–Trinajstić information content (AvgIpc) is 3.55. The van der Waals surface area contributed by atoms with E-state index in [4.69, 9.17) is 0 Å². The summed E-state index contributed by atoms with van der Waals surface area (Å²) in [4.78, 5) is 17.5. The van der Waals surface area contributed by atoms with E-state index in [1.165, 1.54) is 17.3 Å². The molecule has 2 aromatic carbocycles. The van der Waals surface area contributed by atoms with Crippen molar-refractivity contribution >= 4 is 17.7 Å². The molecule has 2 heterocycles. The number of rotatable bonds is 7. The molecule has 0 aliphatic heterocycles. The second-order valence-corrected chi connectivity index (χ2v) is 9.44. The molecule has 1 atom stereocenters. The van der Waals surface area contributed by atoms with Gasteiger partial charge >= 0.3 is 0 Å². The molecule has 33 heavy (non-hydrogen) atoms. The van der Waals surface area contributed by atoms with Gasteiger partial charge in [0.05, 0.1) is 5.69 Å². The lowest BCUT2D eigenvalue weighted by atomic mass is 10.1. The molecule has 0 unspecified atom stereocenters. The summed E-state index contributed by atoms with van der Waals surface area (Å²) in [6, 6.07) is 20.3. The Morgan fingerprint density at radius 3 is 2.58 bits per heavy atom. The number of nitrogens with one attached hydrogen (secondary N) is 1. The smallest absolute Gasteiger partial charge is 0.238 e. The van der Waals surface area contributed by atoms with Gasteiger partial charge in [-0.25, -0.2) is 0 Å². The first kappa shape index (κ1) is 21.4. The van der Waals surface area contributed by atoms with E-state index >= 15 is 0 Å². The van der Waals surface area contributed by atoms with Gasteiger partial charge in [0.2, 0.25) is 5.91 Å². The number of hydrogen-bond donors (Lipinski definition) is 1. The maximum absolute atomic E-state index is 13.2. The van der Waals surface area contributed by atoms with Crippen LogP contribution < -0.4 is 5.32 Å². The lowest BCUT2D eigenvalue weighted by molar-refractivity contribution is -0.120. The zero-order valence-electron chi connectivity index (χ0n) is 18.6. The Hall–Kier alpha value is -3.45. The molecule has 0 spiro atoms. The lowest BCUT2D eigenvalue weighted by Gasteiger charge is -2.18. The van der Waals surface area contributed by atoms with Crippen molar-refractivity contribution in [3.63, 3.8) is 0 Å². The van der Waals surface area contributed by atoms with Gasteiger partial charge < -0.3 is 5.32 Å². The van der Waals surface area contributed by atoms with E-state index in [1.807, 2.05) is 47.0 Å². The summed E-state index contributed by atoms with van der Waals surface area (Å²) >= 11 is 1.43. The SMILES string of the molecule is Cc1ccc(-n2c(S[C@H](C(=O)NC3CC3)c3ccccc3)nnc2-c2cccnc2)c(C)c1. The molecule has 166 valence electrons. The molecule has 1 N–H and O–H groups in total. The van der Waals surface area contributed by atoms with Gasteiger partial charge in [-0.3, -0.25) is 14.3 Å². The molecule has 5 rings (SSSR count). The topological polar surface area (TPSA) is 72.7 Å². The summed E-state index contributed by atoms with van der Waals surface area (Å²) in [5.74, 6) is 0.707. The van der Waals surface area contributed by atoms with Crippen molar-refractivity contribution < 1.29 is 4.79 Å². The van der Waals surface area contributed by atoms with E-state index in [1.54, 1.807) is 12.4 Å². The van der Waals surface area contributed by atoms with E-state index in [-0.39, 0.29) is 11.9 Å². The highest BCUT2D eigenvalue weighted by Gasteiger charge is 2.31. The fourth-order valence-corrected chi connectivity index (χ4v) is 4.87. The maximum atomic E-state index is 13.2. The summed E-state index contributed by atoms with van der Waals surface area (Å²) in [7, 11) is 0. The normalized spacial score (nSPS) is 14.1. The van der Waals surface area contributed by atoms with E-state index in [2.05, 4.69) is 52.5 Å². The fraction of sp³-hybridized carbons (Fsp3) is 0.231. The number of amides is 1. The summed E-state index contributed by atoms with van der Waals surface area (Å²) in [5.41, 5.74) is 5.10. The van der Waals surface area contributed by atoms with Crippen molar-refractivity contribution in [2.45, 2.75) is 43.1 Å². The minimum absolute atomic E-state index is 0.00630. The summed E-state index contributed by atoms with van der Waals surface area (Å²) in [6.07, 6.45) is 5.61. The van der Waals surface area contributed by atoms with Crippen LogP contribution in [0.5, 0.6) is 0 Å². The summed E-state index contributed by atoms with van der Waals surface area (Å²) in [5, 5.41) is 12.5. The Kier molecular flexibility index (Phi) is 5.96. The third-order valence-corrected chi connectivity index (χ3v) is 6.83. The second-order valence-electron chi connectivity index (χ2n) is 8.36. The van der Waals surface area contributed by atoms with Crippen LogP contribution in [-0.2, 0) is 4.79 Å². The molecule has 1 aliphatic carbocycles. The van der Waals surface area contributed by atoms with Gasteiger partial charge in [-0.1, -0.05) is 59.8 Å². The molecule has 2 aromatic heterocycles. The second kappa shape index (κ2) is 9.19. The van der Waals surface area contributed by atoms with Crippen LogP contribution in [0, 0.1) is 13.8 Å². The first-order chi connectivity index (χ1) is 16.1. The van der Waals surface area contributed by atoms with Gasteiger partial charge in [0.15, 0.2) is 11.0 Å². The van der Waals surface area contributed by atoms with E-state index < -0.39 is 5.25 Å². The quantitative estimate of drug-likeness (QED) is 0.395. The Morgan fingerprint density at radius 1 is 1.06 bits per heavy atom. The number of carbonyl (C=O) groups is 1. The van der Waals surface area contributed by atoms with Crippen LogP contribution in [0.4, 0.5) is 0 Å². The summed E-state index contributed by atoms with van der Waals surface area (Å²) in [6.45, 7) is 4.16. The van der Waals surface area contributed by atoms with Crippen LogP contribution in [0.15, 0.2) is 78.2 Å². The van der Waals surface area contributed by atoms with Crippen LogP contribution in [-0.4, -0.2) is 31.7 Å². The average molecular weight is 456 g/mol. The molecular formula is C26H25N5OS. The molecule has 1 saturated carbocycles. The zero-order valence-corrected chi connectivity index (χ0v) is 19.4. The number of nitrogens with zero attached hydrogens (tertiary/aromatic N) is 4. The monoisotopic (exact) mass is 455 g/mol. The minimum atomic E-state index is -0.428. The van der Waals surface area contributed by atoms with Gasteiger partial charge in [-0.2, -0.15) is 0 Å². The Labute approximate surface area is 197 Å². The van der Waals surface area contributed by atoms with Crippen molar-refractivity contribution in [3.05, 3.63) is 89.7 Å². The Balaban J connectivity index is 1.60. The number of thioether (sulfide) groups is 1. The molecule has 1 fully saturated rings. The van der Waals surface area contributed by atoms with E-state index in [0.29, 0.717) is 11.0 Å². The number of aryl methyl sites for hydroxylation is 2. The Morgan fingerprint density at radius 2 is 1.88 bits per heavy atom. The van der Waals surface area contributed by atoms with Crippen LogP contribution in [0.2, 0.25) is 0 Å². The molecule has 1 amide bonds. The van der Waals surface area contributed by atoms with Crippen molar-refractivity contribution in [1.29, 1.82) is 0 Å². The lowest BCUT2D eigenvalue weighted by Crippen LogP contribution is -2.30. The Bertz CT molecular complexity index is 1270. The third kappa shape index (κ3) is 4.68. The van der Waals surface area contributed by atoms with Crippen LogP contribution in [0.1, 0.15) is 34.8 Å². The molecule has 0 saturated heterocycles. The number of hydrogen-bond acceptors (Lipinski definition) is 5. The number of pyridine rings is 1. The summed E-state index contributed by atoms with van der Waals surface area (Å²) < 4.78 is 2.04. The highest BCUT2D eigenvalue weighted by molar-refractivity contribution is 8.00. The molecule has 6 nitrogen and oxygen atoms in total. The molecular weight excluding hydrogens is 430 g/mol. The third-order valence-electron chi connectivity index (χ3n) is 5.63. The van der Waals surface area contributed by atoms with Crippen LogP contribution >= 0.6 is 11.8 Å². The van der Waals surface area contributed by atoms with Gasteiger partial charge in [0.1, 0.15) is 5.25 Å². The largest absolute Gasteiger partial charge is 0.352 e. The van der Waals surface area contributed by atoms with Gasteiger partial charge in [0, 0.05) is 24.0 Å². The van der Waals surface area contributed by atoms with Gasteiger partial charge in [-0.05, 0) is 56.0 Å². The highest BCUT2D eigenvalue weighted by Crippen LogP contribution is 2.38. The predicted molar refractivity (Wildman–Crippen MR) is 130 cm³/mol. The number of aromatic nitrogens is 4. The van der Waals surface area contributed by atoms with Crippen molar-refractivity contribution in [2.24, 2.45) is 0 Å². The van der Waals surface area contributed by atoms with Crippen molar-refractivity contribution in [3.8, 4) is 17.1 Å². The minimum Gasteiger partial charge on any atom is -0.352 e. The molecule has 7 heteroatoms.